The minimum Gasteiger partial charge on any atom is -0.480 e. The number of ether oxygens (including phenoxy) is 1. The van der Waals surface area contributed by atoms with E-state index in [1.54, 1.807) is 0 Å². The molecular formula is C9H13NO5. The fourth-order valence-electron chi connectivity index (χ4n) is 1.49. The van der Waals surface area contributed by atoms with Gasteiger partial charge in [-0.25, -0.2) is 9.59 Å². The minimum atomic E-state index is -1.23. The molecule has 0 spiro atoms. The normalized spacial score (nSPS) is 25.0. The van der Waals surface area contributed by atoms with Crippen LogP contribution < -0.4 is 0 Å². The highest BCUT2D eigenvalue weighted by Gasteiger charge is 2.41. The molecule has 1 aliphatic rings. The highest BCUT2D eigenvalue weighted by Crippen LogP contribution is 2.19. The molecule has 6 nitrogen and oxygen atoms in total. The van der Waals surface area contributed by atoms with Gasteiger partial charge in [-0.2, -0.15) is 0 Å². The van der Waals surface area contributed by atoms with E-state index in [0.29, 0.717) is 0 Å². The molecule has 0 saturated carbocycles. The molecule has 0 radical (unpaired) electrons. The van der Waals surface area contributed by atoms with Gasteiger partial charge in [0.25, 0.3) is 0 Å². The molecule has 1 heterocycles. The lowest BCUT2D eigenvalue weighted by atomic mass is 10.2. The average molecular weight is 215 g/mol. The molecule has 0 bridgehead atoms. The molecule has 0 aromatic carbocycles. The molecule has 2 atom stereocenters. The van der Waals surface area contributed by atoms with Gasteiger partial charge in [-0.05, 0) is 6.42 Å². The van der Waals surface area contributed by atoms with E-state index in [-0.39, 0.29) is 19.6 Å². The Bertz CT molecular complexity index is 278. The SMILES string of the molecule is C=CCOC(=O)N1CCC(O)C1C(=O)O. The second kappa shape index (κ2) is 4.79. The van der Waals surface area contributed by atoms with E-state index >= 15 is 0 Å². The Morgan fingerprint density at radius 1 is 1.60 bits per heavy atom. The van der Waals surface area contributed by atoms with Crippen LogP contribution in [0.2, 0.25) is 0 Å². The summed E-state index contributed by atoms with van der Waals surface area (Å²) in [5, 5.41) is 18.2. The summed E-state index contributed by atoms with van der Waals surface area (Å²) < 4.78 is 4.70. The molecule has 15 heavy (non-hydrogen) atoms. The smallest absolute Gasteiger partial charge is 0.410 e. The number of carbonyl (C=O) groups is 2. The van der Waals surface area contributed by atoms with Crippen molar-refractivity contribution in [2.24, 2.45) is 0 Å². The van der Waals surface area contributed by atoms with E-state index in [4.69, 9.17) is 9.84 Å². The maximum atomic E-state index is 11.3. The first kappa shape index (κ1) is 11.5. The van der Waals surface area contributed by atoms with Crippen molar-refractivity contribution in [1.29, 1.82) is 0 Å². The van der Waals surface area contributed by atoms with Crippen molar-refractivity contribution in [1.82, 2.24) is 4.90 Å². The van der Waals surface area contributed by atoms with Crippen LogP contribution in [0.5, 0.6) is 0 Å². The first-order chi connectivity index (χ1) is 7.07. The maximum Gasteiger partial charge on any atom is 0.410 e. The molecule has 2 N–H and O–H groups in total. The first-order valence-electron chi connectivity index (χ1n) is 4.53. The number of carboxylic acid groups (broad SMARTS) is 1. The lowest BCUT2D eigenvalue weighted by Crippen LogP contribution is -2.45. The lowest BCUT2D eigenvalue weighted by molar-refractivity contribution is -0.144. The van der Waals surface area contributed by atoms with Crippen LogP contribution in [0.4, 0.5) is 4.79 Å². The van der Waals surface area contributed by atoms with Crippen LogP contribution in [0, 0.1) is 0 Å². The quantitative estimate of drug-likeness (QED) is 0.638. The van der Waals surface area contributed by atoms with Gasteiger partial charge in [-0.1, -0.05) is 12.7 Å². The first-order valence-corrected chi connectivity index (χ1v) is 4.53. The van der Waals surface area contributed by atoms with Gasteiger partial charge in [0.2, 0.25) is 0 Å². The van der Waals surface area contributed by atoms with Crippen molar-refractivity contribution in [2.45, 2.75) is 18.6 Å². The van der Waals surface area contributed by atoms with Gasteiger partial charge in [-0.3, -0.25) is 4.90 Å². The van der Waals surface area contributed by atoms with E-state index in [2.05, 4.69) is 6.58 Å². The Morgan fingerprint density at radius 3 is 2.80 bits per heavy atom. The van der Waals surface area contributed by atoms with Gasteiger partial charge in [0, 0.05) is 6.54 Å². The molecule has 1 rings (SSSR count). The Morgan fingerprint density at radius 2 is 2.27 bits per heavy atom. The highest BCUT2D eigenvalue weighted by atomic mass is 16.6. The number of carboxylic acids is 1. The van der Waals surface area contributed by atoms with Gasteiger partial charge in [0.1, 0.15) is 6.61 Å². The number of aliphatic hydroxyl groups excluding tert-OH is 1. The van der Waals surface area contributed by atoms with E-state index in [1.807, 2.05) is 0 Å². The molecule has 0 aliphatic carbocycles. The van der Waals surface area contributed by atoms with E-state index < -0.39 is 24.2 Å². The fourth-order valence-corrected chi connectivity index (χ4v) is 1.49. The van der Waals surface area contributed by atoms with Gasteiger partial charge >= 0.3 is 12.1 Å². The molecule has 84 valence electrons. The van der Waals surface area contributed by atoms with Gasteiger partial charge < -0.3 is 14.9 Å². The number of aliphatic carboxylic acids is 1. The zero-order chi connectivity index (χ0) is 11.4. The third kappa shape index (κ3) is 2.47. The molecule has 1 amide bonds. The predicted octanol–water partition coefficient (Wildman–Crippen LogP) is -0.171. The van der Waals surface area contributed by atoms with Crippen LogP contribution in [0.25, 0.3) is 0 Å². The van der Waals surface area contributed by atoms with Gasteiger partial charge in [-0.15, -0.1) is 0 Å². The monoisotopic (exact) mass is 215 g/mol. The second-order valence-corrected chi connectivity index (χ2v) is 3.20. The molecule has 1 saturated heterocycles. The molecular weight excluding hydrogens is 202 g/mol. The standard InChI is InChI=1S/C9H13NO5/c1-2-5-15-9(14)10-4-3-6(11)7(10)8(12)13/h2,6-7,11H,1,3-5H2,(H,12,13). The molecule has 2 unspecified atom stereocenters. The lowest BCUT2D eigenvalue weighted by Gasteiger charge is -2.21. The second-order valence-electron chi connectivity index (χ2n) is 3.20. The third-order valence-corrected chi connectivity index (χ3v) is 2.18. The van der Waals surface area contributed by atoms with Crippen molar-refractivity contribution in [2.75, 3.05) is 13.2 Å². The van der Waals surface area contributed by atoms with Crippen LogP contribution in [0.1, 0.15) is 6.42 Å². The van der Waals surface area contributed by atoms with E-state index in [1.165, 1.54) is 6.08 Å². The molecule has 1 fully saturated rings. The zero-order valence-electron chi connectivity index (χ0n) is 8.13. The van der Waals surface area contributed by atoms with Crippen molar-refractivity contribution in [3.05, 3.63) is 12.7 Å². The summed E-state index contributed by atoms with van der Waals surface area (Å²) in [5.74, 6) is -1.23. The molecule has 0 aromatic heterocycles. The van der Waals surface area contributed by atoms with Crippen molar-refractivity contribution < 1.29 is 24.5 Å². The van der Waals surface area contributed by atoms with Crippen molar-refractivity contribution in [3.8, 4) is 0 Å². The van der Waals surface area contributed by atoms with E-state index in [0.717, 1.165) is 4.90 Å². The number of carbonyl (C=O) groups excluding carboxylic acids is 1. The summed E-state index contributed by atoms with van der Waals surface area (Å²) in [5.41, 5.74) is 0. The molecule has 1 aliphatic heterocycles. The van der Waals surface area contributed by atoms with Crippen LogP contribution >= 0.6 is 0 Å². The number of nitrogens with zero attached hydrogens (tertiary/aromatic N) is 1. The Labute approximate surface area is 86.7 Å². The summed E-state index contributed by atoms with van der Waals surface area (Å²) in [6.45, 7) is 3.58. The topological polar surface area (TPSA) is 87.1 Å². The van der Waals surface area contributed by atoms with Crippen LogP contribution in [0.15, 0.2) is 12.7 Å². The number of amides is 1. The van der Waals surface area contributed by atoms with E-state index in [9.17, 15) is 14.7 Å². The Balaban J connectivity index is 2.64. The summed E-state index contributed by atoms with van der Waals surface area (Å²) in [7, 11) is 0. The van der Waals surface area contributed by atoms with Crippen molar-refractivity contribution >= 4 is 12.1 Å². The number of hydrogen-bond acceptors (Lipinski definition) is 4. The molecule has 6 heteroatoms. The number of likely N-dealkylation sites (tertiary alicyclic amines) is 1. The van der Waals surface area contributed by atoms with Gasteiger partial charge in [0.15, 0.2) is 6.04 Å². The summed E-state index contributed by atoms with van der Waals surface area (Å²) >= 11 is 0. The molecule has 0 aromatic rings. The summed E-state index contributed by atoms with van der Waals surface area (Å²) in [6.07, 6.45) is -0.127. The fraction of sp³-hybridized carbons (Fsp3) is 0.556. The predicted molar refractivity (Wildman–Crippen MR) is 50.3 cm³/mol. The van der Waals surface area contributed by atoms with Crippen LogP contribution in [0.3, 0.4) is 0 Å². The highest BCUT2D eigenvalue weighted by molar-refractivity contribution is 5.81. The van der Waals surface area contributed by atoms with Gasteiger partial charge in [0.05, 0.1) is 6.10 Å². The van der Waals surface area contributed by atoms with Crippen molar-refractivity contribution in [3.63, 3.8) is 0 Å². The number of rotatable bonds is 3. The van der Waals surface area contributed by atoms with Crippen LogP contribution in [-0.4, -0.2) is 52.5 Å². The minimum absolute atomic E-state index is 0.0256. The maximum absolute atomic E-state index is 11.3. The third-order valence-electron chi connectivity index (χ3n) is 2.18. The Kier molecular flexibility index (Phi) is 3.68. The summed E-state index contributed by atoms with van der Waals surface area (Å²) in [6, 6.07) is -1.21. The van der Waals surface area contributed by atoms with Crippen LogP contribution in [-0.2, 0) is 9.53 Å². The summed E-state index contributed by atoms with van der Waals surface area (Å²) in [4.78, 5) is 23.1. The number of hydrogen-bond donors (Lipinski definition) is 2. The largest absolute Gasteiger partial charge is 0.480 e. The number of aliphatic hydroxyl groups is 1. The Hall–Kier alpha value is -1.56. The average Bonchev–Trinajstić information content (AvgIpc) is 2.56. The zero-order valence-corrected chi connectivity index (χ0v) is 8.13.